The largest absolute Gasteiger partial charge is 0.375 e. The van der Waals surface area contributed by atoms with Gasteiger partial charge in [-0.15, -0.1) is 0 Å². The minimum absolute atomic E-state index is 0.0158. The Kier molecular flexibility index (Phi) is 3.71. The highest BCUT2D eigenvalue weighted by atomic mass is 16.5. The summed E-state index contributed by atoms with van der Waals surface area (Å²) < 4.78 is 7.60. The van der Waals surface area contributed by atoms with Crippen LogP contribution in [-0.2, 0) is 18.3 Å². The third-order valence-corrected chi connectivity index (χ3v) is 4.21. The van der Waals surface area contributed by atoms with Crippen molar-refractivity contribution in [3.05, 3.63) is 23.5 Å². The first-order valence-electron chi connectivity index (χ1n) is 7.60. The van der Waals surface area contributed by atoms with Crippen LogP contribution in [0.1, 0.15) is 37.9 Å². The number of ether oxygens (including phenoxy) is 1. The molecule has 1 N–H and O–H groups in total. The van der Waals surface area contributed by atoms with Gasteiger partial charge in [-0.1, -0.05) is 0 Å². The van der Waals surface area contributed by atoms with E-state index < -0.39 is 0 Å². The summed E-state index contributed by atoms with van der Waals surface area (Å²) in [4.78, 5) is 4.53. The van der Waals surface area contributed by atoms with E-state index in [1.54, 1.807) is 0 Å². The molecule has 0 spiro atoms. The summed E-state index contributed by atoms with van der Waals surface area (Å²) in [5.41, 5.74) is 3.18. The van der Waals surface area contributed by atoms with E-state index in [2.05, 4.69) is 35.3 Å². The molecule has 1 aliphatic heterocycles. The molecule has 1 atom stereocenters. The van der Waals surface area contributed by atoms with Gasteiger partial charge in [-0.2, -0.15) is 5.10 Å². The zero-order valence-corrected chi connectivity index (χ0v) is 13.3. The molecule has 3 rings (SSSR count). The Balaban J connectivity index is 1.69. The molecule has 0 aliphatic carbocycles. The highest BCUT2D eigenvalue weighted by Gasteiger charge is 2.28. The lowest BCUT2D eigenvalue weighted by molar-refractivity contribution is -0.0630. The normalized spacial score (nSPS) is 21.8. The van der Waals surface area contributed by atoms with E-state index >= 15 is 0 Å². The van der Waals surface area contributed by atoms with E-state index in [0.717, 1.165) is 42.7 Å². The molecule has 0 radical (unpaired) electrons. The van der Waals surface area contributed by atoms with Gasteiger partial charge in [0, 0.05) is 37.8 Å². The minimum Gasteiger partial charge on any atom is -0.375 e. The van der Waals surface area contributed by atoms with Crippen molar-refractivity contribution in [3.63, 3.8) is 0 Å². The minimum atomic E-state index is -0.0158. The quantitative estimate of drug-likeness (QED) is 0.942. The first-order valence-corrected chi connectivity index (χ1v) is 7.60. The van der Waals surface area contributed by atoms with Gasteiger partial charge >= 0.3 is 0 Å². The first kappa shape index (κ1) is 14.5. The second-order valence-electron chi connectivity index (χ2n) is 6.60. The zero-order valence-electron chi connectivity index (χ0n) is 13.3. The van der Waals surface area contributed by atoms with Crippen LogP contribution in [0.3, 0.4) is 0 Å². The lowest BCUT2D eigenvalue weighted by Gasteiger charge is -2.36. The second-order valence-corrected chi connectivity index (χ2v) is 6.60. The number of hydrogen-bond donors (Lipinski definition) is 1. The molecule has 0 saturated carbocycles. The highest BCUT2D eigenvalue weighted by molar-refractivity contribution is 5.78. The van der Waals surface area contributed by atoms with Crippen LogP contribution in [0.15, 0.2) is 12.3 Å². The zero-order chi connectivity index (χ0) is 15.0. The molecule has 0 aromatic carbocycles. The van der Waals surface area contributed by atoms with Crippen LogP contribution in [0, 0.1) is 6.92 Å². The van der Waals surface area contributed by atoms with Crippen LogP contribution in [0.4, 0.5) is 0 Å². The Morgan fingerprint density at radius 1 is 1.48 bits per heavy atom. The standard InChI is InChI=1S/C16H24N4O/c1-11-14-7-12(10-18-15(14)20(4)19-11)9-17-13-5-6-21-16(2,3)8-13/h7,10,13,17H,5-6,8-9H2,1-4H3. The van der Waals surface area contributed by atoms with Gasteiger partial charge in [0.1, 0.15) is 0 Å². The Hall–Kier alpha value is -1.46. The molecule has 21 heavy (non-hydrogen) atoms. The highest BCUT2D eigenvalue weighted by Crippen LogP contribution is 2.24. The molecule has 2 aromatic rings. The summed E-state index contributed by atoms with van der Waals surface area (Å²) in [6.45, 7) is 8.03. The van der Waals surface area contributed by atoms with Gasteiger partial charge in [0.05, 0.1) is 11.3 Å². The van der Waals surface area contributed by atoms with Gasteiger partial charge in [-0.3, -0.25) is 4.68 Å². The maximum Gasteiger partial charge on any atom is 0.157 e. The van der Waals surface area contributed by atoms with Crippen molar-refractivity contribution in [3.8, 4) is 0 Å². The van der Waals surface area contributed by atoms with Gasteiger partial charge in [-0.05, 0) is 45.2 Å². The molecule has 0 bridgehead atoms. The van der Waals surface area contributed by atoms with Crippen molar-refractivity contribution in [2.45, 2.75) is 51.8 Å². The van der Waals surface area contributed by atoms with Crippen LogP contribution >= 0.6 is 0 Å². The Morgan fingerprint density at radius 3 is 3.05 bits per heavy atom. The van der Waals surface area contributed by atoms with Crippen LogP contribution in [-0.4, -0.2) is 33.0 Å². The smallest absolute Gasteiger partial charge is 0.157 e. The predicted molar refractivity (Wildman–Crippen MR) is 83.1 cm³/mol. The van der Waals surface area contributed by atoms with E-state index in [-0.39, 0.29) is 5.60 Å². The Morgan fingerprint density at radius 2 is 2.29 bits per heavy atom. The summed E-state index contributed by atoms with van der Waals surface area (Å²) in [5, 5.41) is 9.20. The summed E-state index contributed by atoms with van der Waals surface area (Å²) in [5.74, 6) is 0. The van der Waals surface area contributed by atoms with E-state index in [0.29, 0.717) is 6.04 Å². The number of fused-ring (bicyclic) bond motifs is 1. The van der Waals surface area contributed by atoms with Crippen molar-refractivity contribution in [2.75, 3.05) is 6.61 Å². The fourth-order valence-electron chi connectivity index (χ4n) is 3.12. The lowest BCUT2D eigenvalue weighted by atomic mass is 9.94. The maximum absolute atomic E-state index is 5.76. The number of rotatable bonds is 3. The topological polar surface area (TPSA) is 52.0 Å². The van der Waals surface area contributed by atoms with E-state index in [1.807, 2.05) is 24.9 Å². The van der Waals surface area contributed by atoms with Crippen LogP contribution in [0.25, 0.3) is 11.0 Å². The molecule has 0 amide bonds. The molecule has 5 nitrogen and oxygen atoms in total. The van der Waals surface area contributed by atoms with Crippen molar-refractivity contribution >= 4 is 11.0 Å². The summed E-state index contributed by atoms with van der Waals surface area (Å²) in [6.07, 6.45) is 4.07. The first-order chi connectivity index (χ1) is 9.94. The van der Waals surface area contributed by atoms with Gasteiger partial charge in [0.2, 0.25) is 0 Å². The van der Waals surface area contributed by atoms with Crippen molar-refractivity contribution in [1.82, 2.24) is 20.1 Å². The fraction of sp³-hybridized carbons (Fsp3) is 0.625. The third-order valence-electron chi connectivity index (χ3n) is 4.21. The van der Waals surface area contributed by atoms with Gasteiger partial charge in [0.25, 0.3) is 0 Å². The van der Waals surface area contributed by atoms with Crippen molar-refractivity contribution < 1.29 is 4.74 Å². The Bertz CT molecular complexity index is 647. The van der Waals surface area contributed by atoms with Crippen LogP contribution in [0.2, 0.25) is 0 Å². The molecule has 1 fully saturated rings. The predicted octanol–water partition coefficient (Wildman–Crippen LogP) is 2.32. The molecule has 1 unspecified atom stereocenters. The molecule has 2 aromatic heterocycles. The molecular weight excluding hydrogens is 264 g/mol. The van der Waals surface area contributed by atoms with E-state index in [1.165, 1.54) is 5.56 Å². The van der Waals surface area contributed by atoms with Gasteiger partial charge < -0.3 is 10.1 Å². The van der Waals surface area contributed by atoms with E-state index in [4.69, 9.17) is 4.74 Å². The van der Waals surface area contributed by atoms with Crippen LogP contribution in [0.5, 0.6) is 0 Å². The number of hydrogen-bond acceptors (Lipinski definition) is 4. The van der Waals surface area contributed by atoms with Crippen molar-refractivity contribution in [2.24, 2.45) is 7.05 Å². The summed E-state index contributed by atoms with van der Waals surface area (Å²) >= 11 is 0. The molecule has 114 valence electrons. The second kappa shape index (κ2) is 5.39. The molecule has 1 aliphatic rings. The average molecular weight is 288 g/mol. The summed E-state index contributed by atoms with van der Waals surface area (Å²) in [6, 6.07) is 2.71. The lowest BCUT2D eigenvalue weighted by Crippen LogP contribution is -2.43. The monoisotopic (exact) mass is 288 g/mol. The maximum atomic E-state index is 5.76. The summed E-state index contributed by atoms with van der Waals surface area (Å²) in [7, 11) is 1.93. The number of nitrogens with one attached hydrogen (secondary N) is 1. The van der Waals surface area contributed by atoms with Crippen molar-refractivity contribution in [1.29, 1.82) is 0 Å². The van der Waals surface area contributed by atoms with Crippen LogP contribution < -0.4 is 5.32 Å². The number of pyridine rings is 1. The van der Waals surface area contributed by atoms with E-state index in [9.17, 15) is 0 Å². The average Bonchev–Trinajstić information content (AvgIpc) is 2.70. The van der Waals surface area contributed by atoms with Gasteiger partial charge in [-0.25, -0.2) is 4.98 Å². The van der Waals surface area contributed by atoms with Gasteiger partial charge in [0.15, 0.2) is 5.65 Å². The number of nitrogens with zero attached hydrogens (tertiary/aromatic N) is 3. The fourth-order valence-corrected chi connectivity index (χ4v) is 3.12. The SMILES string of the molecule is Cc1nn(C)c2ncc(CNC3CCOC(C)(C)C3)cc12. The molecular formula is C16H24N4O. The molecule has 5 heteroatoms. The molecule has 3 heterocycles. The molecule has 1 saturated heterocycles. The number of aryl methyl sites for hydroxylation is 2. The third kappa shape index (κ3) is 3.09. The number of aromatic nitrogens is 3. The Labute approximate surface area is 125 Å².